The second-order valence-corrected chi connectivity index (χ2v) is 23.6. The van der Waals surface area contributed by atoms with Crippen LogP contribution in [0.25, 0.3) is 11.2 Å². The lowest BCUT2D eigenvalue weighted by atomic mass is 10.1. The van der Waals surface area contributed by atoms with Crippen LogP contribution in [0.3, 0.4) is 0 Å². The third-order valence-electron chi connectivity index (χ3n) is 9.81. The molecule has 1 saturated heterocycles. The van der Waals surface area contributed by atoms with E-state index >= 15 is 0 Å². The number of carboxylic acids is 1. The number of aromatic nitrogens is 4. The van der Waals surface area contributed by atoms with Gasteiger partial charge in [-0.2, -0.15) is 25.3 Å². The number of nitrogen functional groups attached to an aromatic ring is 1. The van der Waals surface area contributed by atoms with E-state index in [1.54, 1.807) is 48.5 Å². The first-order valence-electron chi connectivity index (χ1n) is 20.5. The predicted octanol–water partition coefficient (Wildman–Crippen LogP) is 2.70. The Bertz CT molecular complexity index is 2850. The van der Waals surface area contributed by atoms with Crippen LogP contribution < -0.4 is 11.5 Å². The van der Waals surface area contributed by atoms with Crippen molar-refractivity contribution in [3.8, 4) is 0 Å². The molecule has 1 aliphatic heterocycles. The van der Waals surface area contributed by atoms with Crippen LogP contribution in [0.15, 0.2) is 129 Å². The lowest BCUT2D eigenvalue weighted by Gasteiger charge is -2.16. The number of aliphatic hydroxyl groups is 2. The largest absolute Gasteiger partial charge is 0.744 e. The van der Waals surface area contributed by atoms with Gasteiger partial charge in [0.25, 0.3) is 30.4 Å². The molecule has 4 aromatic carbocycles. The number of benzene rings is 4. The summed E-state index contributed by atoms with van der Waals surface area (Å²) in [7, 11) is -16.6. The quantitative estimate of drug-likeness (QED) is 0.0683. The Kier molecular flexibility index (Phi) is 21.7. The molecule has 23 nitrogen and oxygen atoms in total. The SMILES string of the molecule is C[S+](CC[C@H](N)C(=O)O)C[C@H]1O[C@@H](n2cnc3c(N)ncnc32)[C@H](O)[C@@H]1O.Cc1ccc(S(=O)(=O)O)cc1.Cc1ccc(S(=O)(=O)O)cc1.Cc1ccc(S(=O)(=O)O)cc1.Cc1ccc(S(=O)(=O)[O-])cc1. The number of carbonyl (C=O) groups is 1. The highest BCUT2D eigenvalue weighted by Gasteiger charge is 2.46. The highest BCUT2D eigenvalue weighted by atomic mass is 32.2. The first kappa shape index (κ1) is 59.8. The number of nitrogens with two attached hydrogens (primary N) is 2. The molecule has 7 rings (SSSR count). The molecule has 0 aliphatic carbocycles. The van der Waals surface area contributed by atoms with Crippen molar-refractivity contribution < 1.29 is 76.7 Å². The van der Waals surface area contributed by atoms with Gasteiger partial charge in [0.1, 0.15) is 57.8 Å². The summed E-state index contributed by atoms with van der Waals surface area (Å²) in [4.78, 5) is 22.6. The van der Waals surface area contributed by atoms with Gasteiger partial charge >= 0.3 is 5.97 Å². The molecule has 0 radical (unpaired) electrons. The van der Waals surface area contributed by atoms with Crippen LogP contribution in [0.1, 0.15) is 34.9 Å². The molecule has 1 fully saturated rings. The van der Waals surface area contributed by atoms with Crippen molar-refractivity contribution in [2.75, 3.05) is 23.5 Å². The van der Waals surface area contributed by atoms with Gasteiger partial charge in [0.05, 0.1) is 32.2 Å². The number of imidazole rings is 1. The number of ether oxygens (including phenoxy) is 1. The van der Waals surface area contributed by atoms with Crippen LogP contribution in [-0.4, -0.2) is 135 Å². The molecule has 3 heterocycles. The van der Waals surface area contributed by atoms with Crippen molar-refractivity contribution in [2.45, 2.75) is 84.3 Å². The normalized spacial score (nSPS) is 17.6. The number of carboxylic acid groups (broad SMARTS) is 1. The monoisotopic (exact) mass is 1090 g/mol. The highest BCUT2D eigenvalue weighted by Crippen LogP contribution is 2.33. The van der Waals surface area contributed by atoms with E-state index in [1.807, 2.05) is 34.0 Å². The van der Waals surface area contributed by atoms with Gasteiger partial charge in [-0.25, -0.2) is 23.4 Å². The van der Waals surface area contributed by atoms with Gasteiger partial charge in [-0.1, -0.05) is 70.8 Å². The van der Waals surface area contributed by atoms with Crippen molar-refractivity contribution in [1.29, 1.82) is 0 Å². The molecular weight excluding hydrogens is 1030 g/mol. The minimum Gasteiger partial charge on any atom is -0.744 e. The maximum absolute atomic E-state index is 10.8. The van der Waals surface area contributed by atoms with Crippen LogP contribution in [0.5, 0.6) is 0 Å². The Morgan fingerprint density at radius 3 is 1.41 bits per heavy atom. The Hall–Kier alpha value is -5.47. The van der Waals surface area contributed by atoms with Gasteiger partial charge in [0.2, 0.25) is 0 Å². The zero-order chi connectivity index (χ0) is 53.6. The fourth-order valence-corrected chi connectivity index (χ4v) is 9.37. The number of anilines is 1. The van der Waals surface area contributed by atoms with E-state index in [0.717, 1.165) is 22.3 Å². The maximum Gasteiger partial charge on any atom is 0.320 e. The first-order valence-corrected chi connectivity index (χ1v) is 28.2. The lowest BCUT2D eigenvalue weighted by molar-refractivity contribution is -0.138. The second kappa shape index (κ2) is 25.8. The van der Waals surface area contributed by atoms with Crippen LogP contribution in [0.4, 0.5) is 5.82 Å². The van der Waals surface area contributed by atoms with E-state index in [9.17, 15) is 53.2 Å². The standard InChI is InChI=1S/C15H22N6O5S.4C7H8O3S/c1-27(3-2-7(16)15(24)25)4-8-10(22)11(23)14(26-8)21-6-20-9-12(17)18-5-19-13(9)21;4*1-6-2-4-7(5-3-6)11(8,9)10/h5-8,10-11,14,22-23H,2-4,16H2,1H3,(H2-,17,18,19,24,25);4*2-5H,1H3,(H,8,9,10)/t7-,8+,10+,11+,14+,27?;;;;/m0..../s1. The summed E-state index contributed by atoms with van der Waals surface area (Å²) in [6, 6.07) is 22.8. The molecule has 0 spiro atoms. The average molecular weight is 1090 g/mol. The molecule has 71 heavy (non-hydrogen) atoms. The van der Waals surface area contributed by atoms with Crippen molar-refractivity contribution in [3.05, 3.63) is 132 Å². The van der Waals surface area contributed by atoms with E-state index in [2.05, 4.69) is 15.0 Å². The molecule has 1 unspecified atom stereocenters. The zero-order valence-corrected chi connectivity index (χ0v) is 42.6. The van der Waals surface area contributed by atoms with E-state index in [-0.39, 0.29) is 36.3 Å². The Morgan fingerprint density at radius 1 is 0.676 bits per heavy atom. The van der Waals surface area contributed by atoms with Crippen molar-refractivity contribution in [2.24, 2.45) is 5.73 Å². The maximum atomic E-state index is 10.8. The average Bonchev–Trinajstić information content (AvgIpc) is 3.83. The Balaban J connectivity index is 0.000000254. The third kappa shape index (κ3) is 19.2. The second-order valence-electron chi connectivity index (χ2n) is 15.6. The van der Waals surface area contributed by atoms with Gasteiger partial charge in [0, 0.05) is 6.42 Å². The minimum absolute atomic E-state index is 0.0666. The molecule has 2 aromatic heterocycles. The fourth-order valence-electron chi connectivity index (χ4n) is 5.80. The van der Waals surface area contributed by atoms with Gasteiger partial charge in [-0.3, -0.25) is 23.0 Å². The molecule has 6 atom stereocenters. The minimum atomic E-state index is -4.27. The number of hydrogen-bond acceptors (Lipinski definition) is 18. The van der Waals surface area contributed by atoms with Crippen LogP contribution in [0.2, 0.25) is 0 Å². The number of nitrogens with zero attached hydrogens (tertiary/aromatic N) is 4. The van der Waals surface area contributed by atoms with E-state index in [0.29, 0.717) is 29.1 Å². The molecule has 0 bridgehead atoms. The van der Waals surface area contributed by atoms with E-state index in [4.69, 9.17) is 35.0 Å². The molecule has 1 aliphatic rings. The van der Waals surface area contributed by atoms with Crippen molar-refractivity contribution >= 4 is 74.3 Å². The number of aryl methyl sites for hydroxylation is 4. The number of fused-ring (bicyclic) bond motifs is 1. The number of rotatable bonds is 11. The Labute approximate surface area is 413 Å². The molecule has 28 heteroatoms. The molecular formula is C43H54N6O17S5. The fraction of sp³-hybridized carbons (Fsp3) is 0.302. The molecule has 6 aromatic rings. The van der Waals surface area contributed by atoms with E-state index in [1.165, 1.54) is 65.8 Å². The predicted molar refractivity (Wildman–Crippen MR) is 261 cm³/mol. The number of hydrogen-bond donors (Lipinski definition) is 8. The summed E-state index contributed by atoms with van der Waals surface area (Å²) in [5.41, 5.74) is 15.9. The third-order valence-corrected chi connectivity index (χ3v) is 15.1. The van der Waals surface area contributed by atoms with Gasteiger partial charge in [0.15, 0.2) is 17.7 Å². The lowest BCUT2D eigenvalue weighted by Crippen LogP contribution is -2.37. The number of aliphatic carboxylic acids is 1. The van der Waals surface area contributed by atoms with Crippen LogP contribution in [-0.2, 0) is 60.9 Å². The summed E-state index contributed by atoms with van der Waals surface area (Å²) in [5.74, 6) is 0.254. The smallest absolute Gasteiger partial charge is 0.320 e. The summed E-state index contributed by atoms with van der Waals surface area (Å²) < 4.78 is 127. The molecule has 10 N–H and O–H groups in total. The van der Waals surface area contributed by atoms with Gasteiger partial charge in [-0.05, 0) is 87.1 Å². The number of aliphatic hydroxyl groups excluding tert-OH is 2. The molecule has 0 saturated carbocycles. The first-order chi connectivity index (χ1) is 32.8. The summed E-state index contributed by atoms with van der Waals surface area (Å²) in [6.45, 7) is 7.34. The summed E-state index contributed by atoms with van der Waals surface area (Å²) in [6.07, 6.45) is 1.31. The highest BCUT2D eigenvalue weighted by molar-refractivity contribution is 7.96. The van der Waals surface area contributed by atoms with Gasteiger partial charge < -0.3 is 36.1 Å². The van der Waals surface area contributed by atoms with Crippen molar-refractivity contribution in [1.82, 2.24) is 19.5 Å². The van der Waals surface area contributed by atoms with E-state index < -0.39 is 77.0 Å². The summed E-state index contributed by atoms with van der Waals surface area (Å²) in [5, 5.41) is 29.7. The van der Waals surface area contributed by atoms with Crippen LogP contribution >= 0.6 is 0 Å². The Morgan fingerprint density at radius 2 is 1.06 bits per heavy atom. The summed E-state index contributed by atoms with van der Waals surface area (Å²) >= 11 is 0. The van der Waals surface area contributed by atoms with Gasteiger partial charge in [-0.15, -0.1) is 0 Å². The molecule has 388 valence electrons. The van der Waals surface area contributed by atoms with Crippen molar-refractivity contribution in [3.63, 3.8) is 0 Å². The molecule has 0 amide bonds. The topological polar surface area (TPSA) is 403 Å². The zero-order valence-electron chi connectivity index (χ0n) is 38.6. The van der Waals surface area contributed by atoms with Crippen LogP contribution in [0, 0.1) is 27.7 Å².